The van der Waals surface area contributed by atoms with Crippen LogP contribution in [0.15, 0.2) is 36.4 Å². The van der Waals surface area contributed by atoms with Crippen LogP contribution in [0.5, 0.6) is 0 Å². The summed E-state index contributed by atoms with van der Waals surface area (Å²) in [6, 6.07) is 13.2. The van der Waals surface area contributed by atoms with Crippen LogP contribution in [0.4, 0.5) is 11.4 Å². The standard InChI is InChI=1S/C22H24N2/c23-16-10-18-17-3-1-2-4-19(17)22(21(18)20(24)11-16)14-6-12-5-13(8-14)9-15(22)7-12/h1-4,10-15H,5-9,23-24H2. The van der Waals surface area contributed by atoms with Gasteiger partial charge in [-0.3, -0.25) is 0 Å². The number of anilines is 2. The molecule has 0 aromatic heterocycles. The maximum absolute atomic E-state index is 6.63. The van der Waals surface area contributed by atoms with Crippen LogP contribution >= 0.6 is 0 Å². The number of nitrogens with two attached hydrogens (primary N) is 2. The zero-order valence-corrected chi connectivity index (χ0v) is 14.0. The van der Waals surface area contributed by atoms with Gasteiger partial charge in [0, 0.05) is 16.8 Å². The zero-order chi connectivity index (χ0) is 16.1. The van der Waals surface area contributed by atoms with Crippen molar-refractivity contribution in [2.45, 2.75) is 37.5 Å². The van der Waals surface area contributed by atoms with Crippen molar-refractivity contribution >= 4 is 11.4 Å². The lowest BCUT2D eigenvalue weighted by molar-refractivity contribution is -0.0396. The summed E-state index contributed by atoms with van der Waals surface area (Å²) in [6.45, 7) is 0. The van der Waals surface area contributed by atoms with Crippen LogP contribution in [0.25, 0.3) is 11.1 Å². The third kappa shape index (κ3) is 1.36. The molecule has 0 saturated heterocycles. The molecule has 4 bridgehead atoms. The highest BCUT2D eigenvalue weighted by atomic mass is 14.7. The summed E-state index contributed by atoms with van der Waals surface area (Å²) in [4.78, 5) is 0. The predicted octanol–water partition coefficient (Wildman–Crippen LogP) is 4.57. The molecule has 2 nitrogen and oxygen atoms in total. The Balaban J connectivity index is 1.71. The molecule has 0 amide bonds. The van der Waals surface area contributed by atoms with Crippen molar-refractivity contribution in [1.82, 2.24) is 0 Å². The summed E-state index contributed by atoms with van der Waals surface area (Å²) in [7, 11) is 0. The van der Waals surface area contributed by atoms with Crippen molar-refractivity contribution in [2.24, 2.45) is 23.7 Å². The Morgan fingerprint density at radius 3 is 2.17 bits per heavy atom. The normalized spacial score (nSPS) is 37.7. The van der Waals surface area contributed by atoms with Gasteiger partial charge in [0.25, 0.3) is 0 Å². The molecule has 7 rings (SSSR count). The predicted molar refractivity (Wildman–Crippen MR) is 98.5 cm³/mol. The fourth-order valence-corrected chi connectivity index (χ4v) is 7.35. The Hall–Kier alpha value is -1.96. The summed E-state index contributed by atoms with van der Waals surface area (Å²) in [5, 5.41) is 0. The van der Waals surface area contributed by atoms with E-state index in [1.807, 2.05) is 6.07 Å². The second-order valence-corrected chi connectivity index (χ2v) is 8.75. The second-order valence-electron chi connectivity index (χ2n) is 8.75. The highest BCUT2D eigenvalue weighted by molar-refractivity contribution is 5.88. The van der Waals surface area contributed by atoms with Gasteiger partial charge >= 0.3 is 0 Å². The van der Waals surface area contributed by atoms with Gasteiger partial charge in [-0.2, -0.15) is 0 Å². The minimum Gasteiger partial charge on any atom is -0.399 e. The molecule has 2 heteroatoms. The smallest absolute Gasteiger partial charge is 0.0382 e. The number of hydrogen-bond acceptors (Lipinski definition) is 2. The third-order valence-electron chi connectivity index (χ3n) is 7.69. The van der Waals surface area contributed by atoms with Crippen LogP contribution in [-0.2, 0) is 5.41 Å². The van der Waals surface area contributed by atoms with Crippen LogP contribution in [0.3, 0.4) is 0 Å². The lowest BCUT2D eigenvalue weighted by Crippen LogP contribution is -2.55. The van der Waals surface area contributed by atoms with E-state index in [-0.39, 0.29) is 5.41 Å². The van der Waals surface area contributed by atoms with E-state index in [1.54, 1.807) is 5.56 Å². The molecule has 0 unspecified atom stereocenters. The maximum Gasteiger partial charge on any atom is 0.0382 e. The second kappa shape index (κ2) is 4.17. The van der Waals surface area contributed by atoms with E-state index in [9.17, 15) is 0 Å². The summed E-state index contributed by atoms with van der Waals surface area (Å²) < 4.78 is 0. The van der Waals surface area contributed by atoms with Crippen molar-refractivity contribution in [3.63, 3.8) is 0 Å². The Bertz CT molecular complexity index is 838. The first-order valence-electron chi connectivity index (χ1n) is 9.47. The van der Waals surface area contributed by atoms with Crippen LogP contribution in [0.2, 0.25) is 0 Å². The van der Waals surface area contributed by atoms with Crippen LogP contribution in [-0.4, -0.2) is 0 Å². The van der Waals surface area contributed by atoms with Crippen LogP contribution < -0.4 is 11.5 Å². The summed E-state index contributed by atoms with van der Waals surface area (Å²) in [5.41, 5.74) is 20.4. The molecule has 0 aliphatic heterocycles. The van der Waals surface area contributed by atoms with Crippen molar-refractivity contribution in [2.75, 3.05) is 11.5 Å². The average Bonchev–Trinajstić information content (AvgIpc) is 2.84. The van der Waals surface area contributed by atoms with Gasteiger partial charge in [-0.05, 0) is 90.2 Å². The molecule has 0 heterocycles. The van der Waals surface area contributed by atoms with E-state index < -0.39 is 0 Å². The van der Waals surface area contributed by atoms with E-state index in [2.05, 4.69) is 30.3 Å². The molecule has 4 saturated carbocycles. The number of hydrogen-bond donors (Lipinski definition) is 2. The van der Waals surface area contributed by atoms with Gasteiger partial charge in [-0.1, -0.05) is 24.3 Å². The van der Waals surface area contributed by atoms with Gasteiger partial charge in [0.05, 0.1) is 0 Å². The van der Waals surface area contributed by atoms with Crippen LogP contribution in [0, 0.1) is 23.7 Å². The van der Waals surface area contributed by atoms with Crippen molar-refractivity contribution in [3.8, 4) is 11.1 Å². The molecule has 4 fully saturated rings. The molecular weight excluding hydrogens is 292 g/mol. The molecule has 2 aromatic rings. The van der Waals surface area contributed by atoms with Gasteiger partial charge in [0.2, 0.25) is 0 Å². The van der Waals surface area contributed by atoms with Crippen molar-refractivity contribution in [3.05, 3.63) is 47.5 Å². The summed E-state index contributed by atoms with van der Waals surface area (Å²) in [6.07, 6.45) is 7.05. The molecule has 5 aliphatic carbocycles. The van der Waals surface area contributed by atoms with Crippen molar-refractivity contribution < 1.29 is 0 Å². The van der Waals surface area contributed by atoms with E-state index in [0.717, 1.165) is 35.0 Å². The van der Waals surface area contributed by atoms with Crippen molar-refractivity contribution in [1.29, 1.82) is 0 Å². The SMILES string of the molecule is Nc1cc(N)c2c(c1)-c1ccccc1C21C2CC3CC(C2)CC1C3. The quantitative estimate of drug-likeness (QED) is 0.699. The molecule has 0 radical (unpaired) electrons. The third-order valence-corrected chi connectivity index (χ3v) is 7.69. The van der Waals surface area contributed by atoms with E-state index in [4.69, 9.17) is 11.5 Å². The molecule has 0 atom stereocenters. The lowest BCUT2D eigenvalue weighted by atomic mass is 9.43. The van der Waals surface area contributed by atoms with Gasteiger partial charge < -0.3 is 11.5 Å². The molecule has 4 N–H and O–H groups in total. The lowest BCUT2D eigenvalue weighted by Gasteiger charge is -2.61. The highest BCUT2D eigenvalue weighted by Crippen LogP contribution is 2.70. The maximum atomic E-state index is 6.63. The van der Waals surface area contributed by atoms with Gasteiger partial charge in [-0.25, -0.2) is 0 Å². The minimum atomic E-state index is 0.164. The monoisotopic (exact) mass is 316 g/mol. The fraction of sp³-hybridized carbons (Fsp3) is 0.455. The first kappa shape index (κ1) is 13.3. The van der Waals surface area contributed by atoms with Gasteiger partial charge in [-0.15, -0.1) is 0 Å². The molecule has 122 valence electrons. The number of benzene rings is 2. The summed E-state index contributed by atoms with van der Waals surface area (Å²) in [5.74, 6) is 3.46. The Kier molecular flexibility index (Phi) is 2.32. The number of fused-ring (bicyclic) bond motifs is 3. The topological polar surface area (TPSA) is 52.0 Å². The zero-order valence-electron chi connectivity index (χ0n) is 14.0. The van der Waals surface area contributed by atoms with Crippen LogP contribution in [0.1, 0.15) is 43.2 Å². The fourth-order valence-electron chi connectivity index (χ4n) is 7.35. The largest absolute Gasteiger partial charge is 0.399 e. The van der Waals surface area contributed by atoms with Gasteiger partial charge in [0.15, 0.2) is 0 Å². The minimum absolute atomic E-state index is 0.164. The first-order chi connectivity index (χ1) is 11.7. The Morgan fingerprint density at radius 2 is 1.46 bits per heavy atom. The summed E-state index contributed by atoms with van der Waals surface area (Å²) >= 11 is 0. The van der Waals surface area contributed by atoms with Gasteiger partial charge in [0.1, 0.15) is 0 Å². The number of rotatable bonds is 0. The Morgan fingerprint density at radius 1 is 0.792 bits per heavy atom. The highest BCUT2D eigenvalue weighted by Gasteiger charge is 2.62. The van der Waals surface area contributed by atoms with E-state index >= 15 is 0 Å². The molecule has 1 spiro atoms. The first-order valence-corrected chi connectivity index (χ1v) is 9.47. The average molecular weight is 316 g/mol. The molecular formula is C22H24N2. The van der Waals surface area contributed by atoms with E-state index in [0.29, 0.717) is 0 Å². The molecule has 24 heavy (non-hydrogen) atoms. The van der Waals surface area contributed by atoms with E-state index in [1.165, 1.54) is 48.8 Å². The number of nitrogen functional groups attached to an aromatic ring is 2. The molecule has 5 aliphatic rings. The Labute approximate surface area is 143 Å². The molecule has 2 aromatic carbocycles.